The lowest BCUT2D eigenvalue weighted by molar-refractivity contribution is -0.181. The summed E-state index contributed by atoms with van der Waals surface area (Å²) in [5.74, 6) is 0.348. The van der Waals surface area contributed by atoms with Crippen LogP contribution in [0.1, 0.15) is 71.6 Å². The molecule has 0 aromatic heterocycles. The molecule has 4 aliphatic rings. The summed E-state index contributed by atoms with van der Waals surface area (Å²) < 4.78 is 0. The topological polar surface area (TPSA) is 77.8 Å². The maximum absolute atomic E-state index is 12.1. The predicted octanol–water partition coefficient (Wildman–Crippen LogP) is 3.21. The standard InChI is InChI=1S/C20H32O4/c1-17-7-3-8-18(2,16(22)23)14(17)6-9-19-10-13(4-5-15(17)19)20(24,11-19)12-21/h13-15,21,24H,3-12H2,1-2H3,(H,22,23)/t13?,14-,15-,17?,18+,19?,20-/m0/s1. The van der Waals surface area contributed by atoms with Crippen LogP contribution in [0.25, 0.3) is 0 Å². The van der Waals surface area contributed by atoms with Gasteiger partial charge in [-0.3, -0.25) is 4.79 Å². The van der Waals surface area contributed by atoms with Gasteiger partial charge in [0.05, 0.1) is 17.6 Å². The Kier molecular flexibility index (Phi) is 3.49. The highest BCUT2D eigenvalue weighted by Crippen LogP contribution is 2.72. The smallest absolute Gasteiger partial charge is 0.309 e. The van der Waals surface area contributed by atoms with E-state index in [9.17, 15) is 20.1 Å². The van der Waals surface area contributed by atoms with Crippen LogP contribution in [0.15, 0.2) is 0 Å². The Balaban J connectivity index is 1.73. The van der Waals surface area contributed by atoms with E-state index < -0.39 is 17.0 Å². The maximum Gasteiger partial charge on any atom is 0.309 e. The van der Waals surface area contributed by atoms with Gasteiger partial charge in [0.2, 0.25) is 0 Å². The number of carboxylic acid groups (broad SMARTS) is 1. The van der Waals surface area contributed by atoms with Crippen molar-refractivity contribution in [1.29, 1.82) is 0 Å². The van der Waals surface area contributed by atoms with Gasteiger partial charge in [0.1, 0.15) is 0 Å². The van der Waals surface area contributed by atoms with E-state index in [0.717, 1.165) is 57.8 Å². The Labute approximate surface area is 144 Å². The largest absolute Gasteiger partial charge is 0.481 e. The second kappa shape index (κ2) is 4.97. The molecule has 2 bridgehead atoms. The third-order valence-corrected chi connectivity index (χ3v) is 9.08. The van der Waals surface area contributed by atoms with Crippen molar-refractivity contribution in [2.75, 3.05) is 6.61 Å². The van der Waals surface area contributed by atoms with Crippen LogP contribution in [0.5, 0.6) is 0 Å². The average molecular weight is 336 g/mol. The minimum absolute atomic E-state index is 0.0648. The molecular weight excluding hydrogens is 304 g/mol. The Morgan fingerprint density at radius 2 is 1.83 bits per heavy atom. The second-order valence-corrected chi connectivity index (χ2v) is 10.0. The number of carbonyl (C=O) groups is 1. The van der Waals surface area contributed by atoms with Crippen LogP contribution in [-0.2, 0) is 4.79 Å². The number of fused-ring (bicyclic) bond motifs is 3. The lowest BCUT2D eigenvalue weighted by Gasteiger charge is -2.63. The summed E-state index contributed by atoms with van der Waals surface area (Å²) in [6.07, 6.45) is 8.73. The Bertz CT molecular complexity index is 562. The van der Waals surface area contributed by atoms with E-state index in [2.05, 4.69) is 6.92 Å². The molecule has 4 nitrogen and oxygen atoms in total. The van der Waals surface area contributed by atoms with E-state index >= 15 is 0 Å². The molecule has 0 radical (unpaired) electrons. The molecular formula is C20H32O4. The number of aliphatic carboxylic acids is 1. The second-order valence-electron chi connectivity index (χ2n) is 10.0. The van der Waals surface area contributed by atoms with Crippen molar-refractivity contribution in [2.45, 2.75) is 77.2 Å². The highest BCUT2D eigenvalue weighted by atomic mass is 16.4. The third-order valence-electron chi connectivity index (χ3n) is 9.08. The zero-order chi connectivity index (χ0) is 17.4. The maximum atomic E-state index is 12.1. The van der Waals surface area contributed by atoms with E-state index in [1.54, 1.807) is 0 Å². The van der Waals surface area contributed by atoms with Gasteiger partial charge >= 0.3 is 5.97 Å². The molecule has 1 spiro atoms. The quantitative estimate of drug-likeness (QED) is 0.723. The van der Waals surface area contributed by atoms with E-state index in [1.165, 1.54) is 0 Å². The molecule has 0 saturated heterocycles. The summed E-state index contributed by atoms with van der Waals surface area (Å²) in [5.41, 5.74) is -1.31. The summed E-state index contributed by atoms with van der Waals surface area (Å²) in [4.78, 5) is 12.1. The van der Waals surface area contributed by atoms with Gasteiger partial charge in [0.25, 0.3) is 0 Å². The zero-order valence-corrected chi connectivity index (χ0v) is 15.1. The molecule has 0 aromatic carbocycles. The molecule has 0 amide bonds. The summed E-state index contributed by atoms with van der Waals surface area (Å²) in [6, 6.07) is 0. The first kappa shape index (κ1) is 16.8. The molecule has 3 unspecified atom stereocenters. The van der Waals surface area contributed by atoms with E-state index in [4.69, 9.17) is 0 Å². The van der Waals surface area contributed by atoms with Crippen LogP contribution in [0.2, 0.25) is 0 Å². The van der Waals surface area contributed by atoms with Crippen LogP contribution in [0.3, 0.4) is 0 Å². The molecule has 4 saturated carbocycles. The number of hydrogen-bond donors (Lipinski definition) is 3. The van der Waals surface area contributed by atoms with Crippen molar-refractivity contribution >= 4 is 5.97 Å². The van der Waals surface area contributed by atoms with Crippen LogP contribution < -0.4 is 0 Å². The van der Waals surface area contributed by atoms with Crippen molar-refractivity contribution in [2.24, 2.45) is 34.0 Å². The van der Waals surface area contributed by atoms with E-state index in [0.29, 0.717) is 5.92 Å². The molecule has 0 aromatic rings. The first-order chi connectivity index (χ1) is 11.2. The normalized spacial score (nSPS) is 56.4. The minimum atomic E-state index is -0.900. The first-order valence-electron chi connectivity index (χ1n) is 9.77. The molecule has 136 valence electrons. The van der Waals surface area contributed by atoms with Crippen molar-refractivity contribution in [3.05, 3.63) is 0 Å². The number of carboxylic acids is 1. The molecule has 4 fully saturated rings. The summed E-state index contributed by atoms with van der Waals surface area (Å²) in [5, 5.41) is 30.6. The lowest BCUT2D eigenvalue weighted by Crippen LogP contribution is -2.58. The van der Waals surface area contributed by atoms with Crippen molar-refractivity contribution in [3.8, 4) is 0 Å². The van der Waals surface area contributed by atoms with Crippen LogP contribution in [-0.4, -0.2) is 33.5 Å². The molecule has 4 rings (SSSR count). The van der Waals surface area contributed by atoms with Gasteiger partial charge in [0.15, 0.2) is 0 Å². The van der Waals surface area contributed by atoms with Crippen molar-refractivity contribution in [3.63, 3.8) is 0 Å². The van der Waals surface area contributed by atoms with Crippen LogP contribution in [0, 0.1) is 34.0 Å². The average Bonchev–Trinajstić information content (AvgIpc) is 2.73. The Hall–Kier alpha value is -0.610. The fraction of sp³-hybridized carbons (Fsp3) is 0.950. The van der Waals surface area contributed by atoms with Gasteiger partial charge in [-0.25, -0.2) is 0 Å². The van der Waals surface area contributed by atoms with E-state index in [1.807, 2.05) is 6.92 Å². The van der Waals surface area contributed by atoms with Crippen molar-refractivity contribution in [1.82, 2.24) is 0 Å². The van der Waals surface area contributed by atoms with Gasteiger partial charge in [-0.05, 0) is 86.9 Å². The van der Waals surface area contributed by atoms with Crippen LogP contribution >= 0.6 is 0 Å². The lowest BCUT2D eigenvalue weighted by atomic mass is 9.41. The predicted molar refractivity (Wildman–Crippen MR) is 90.3 cm³/mol. The highest BCUT2D eigenvalue weighted by molar-refractivity contribution is 5.75. The number of aliphatic hydroxyl groups is 2. The number of rotatable bonds is 2. The fourth-order valence-electron chi connectivity index (χ4n) is 8.06. The molecule has 24 heavy (non-hydrogen) atoms. The molecule has 4 heteroatoms. The van der Waals surface area contributed by atoms with Crippen LogP contribution in [0.4, 0.5) is 0 Å². The summed E-state index contributed by atoms with van der Waals surface area (Å²) in [6.45, 7) is 4.19. The zero-order valence-electron chi connectivity index (χ0n) is 15.1. The Morgan fingerprint density at radius 3 is 2.50 bits per heavy atom. The Morgan fingerprint density at radius 1 is 1.08 bits per heavy atom. The number of hydrogen-bond acceptors (Lipinski definition) is 3. The summed E-state index contributed by atoms with van der Waals surface area (Å²) in [7, 11) is 0. The molecule has 0 heterocycles. The highest BCUT2D eigenvalue weighted by Gasteiger charge is 2.68. The third kappa shape index (κ3) is 1.90. The van der Waals surface area contributed by atoms with Gasteiger partial charge in [-0.15, -0.1) is 0 Å². The SMILES string of the molecule is CC12CCC[C@@](C)(C(=O)O)[C@H]1CCC13CC(CC[C@H]12)[C@@](O)(CO)C3. The summed E-state index contributed by atoms with van der Waals surface area (Å²) >= 11 is 0. The van der Waals surface area contributed by atoms with Gasteiger partial charge in [-0.2, -0.15) is 0 Å². The monoisotopic (exact) mass is 336 g/mol. The number of aliphatic hydroxyl groups excluding tert-OH is 1. The fourth-order valence-corrected chi connectivity index (χ4v) is 8.06. The van der Waals surface area contributed by atoms with Gasteiger partial charge < -0.3 is 15.3 Å². The minimum Gasteiger partial charge on any atom is -0.481 e. The van der Waals surface area contributed by atoms with Gasteiger partial charge in [0, 0.05) is 0 Å². The molecule has 4 aliphatic carbocycles. The molecule has 0 aliphatic heterocycles. The van der Waals surface area contributed by atoms with E-state index in [-0.39, 0.29) is 29.3 Å². The molecule has 7 atom stereocenters. The first-order valence-corrected chi connectivity index (χ1v) is 9.77. The van der Waals surface area contributed by atoms with Crippen molar-refractivity contribution < 1.29 is 20.1 Å². The van der Waals surface area contributed by atoms with Gasteiger partial charge in [-0.1, -0.05) is 13.3 Å². The molecule has 3 N–H and O–H groups in total.